The molecule has 2 heterocycles. The predicted molar refractivity (Wildman–Crippen MR) is 236 cm³/mol. The van der Waals surface area contributed by atoms with Crippen LogP contribution in [0.3, 0.4) is 0 Å². The molecule has 9 rings (SSSR count). The van der Waals surface area contributed by atoms with Gasteiger partial charge in [-0.2, -0.15) is 0 Å². The number of benzene rings is 7. The molecule has 58 heavy (non-hydrogen) atoms. The third-order valence-corrected chi connectivity index (χ3v) is 12.4. The van der Waals surface area contributed by atoms with Crippen LogP contribution in [0.5, 0.6) is 0 Å². The fourth-order valence-electron chi connectivity index (χ4n) is 9.59. The van der Waals surface area contributed by atoms with E-state index in [9.17, 15) is 19.2 Å². The lowest BCUT2D eigenvalue weighted by molar-refractivity contribution is 0.0592. The van der Waals surface area contributed by atoms with Crippen LogP contribution in [-0.2, 0) is 0 Å². The first-order valence-electron chi connectivity index (χ1n) is 21.2. The van der Waals surface area contributed by atoms with Crippen molar-refractivity contribution in [2.24, 2.45) is 0 Å². The minimum Gasteiger partial charge on any atom is -0.274 e. The molecule has 0 bridgehead atoms. The van der Waals surface area contributed by atoms with Crippen LogP contribution in [0.4, 0.5) is 0 Å². The molecule has 0 unspecified atom stereocenters. The second-order valence-electron chi connectivity index (χ2n) is 16.0. The third-order valence-electron chi connectivity index (χ3n) is 12.4. The zero-order valence-electron chi connectivity index (χ0n) is 33.4. The van der Waals surface area contributed by atoms with Gasteiger partial charge in [-0.1, -0.05) is 150 Å². The Kier molecular flexibility index (Phi) is 10.1. The zero-order valence-corrected chi connectivity index (χ0v) is 33.4. The van der Waals surface area contributed by atoms with Crippen LogP contribution in [0.1, 0.15) is 119 Å². The van der Waals surface area contributed by atoms with Gasteiger partial charge < -0.3 is 0 Å². The van der Waals surface area contributed by atoms with E-state index < -0.39 is 0 Å². The zero-order chi connectivity index (χ0) is 39.9. The van der Waals surface area contributed by atoms with Gasteiger partial charge in [0.05, 0.1) is 0 Å². The summed E-state index contributed by atoms with van der Waals surface area (Å²) in [6.07, 6.45) is 10.4. The third kappa shape index (κ3) is 6.09. The Bertz CT molecular complexity index is 2530. The van der Waals surface area contributed by atoms with E-state index in [1.807, 2.05) is 72.8 Å². The molecule has 0 saturated carbocycles. The normalized spacial score (nSPS) is 13.9. The Morgan fingerprint density at radius 1 is 0.328 bits per heavy atom. The highest BCUT2D eigenvalue weighted by Gasteiger charge is 2.35. The van der Waals surface area contributed by atoms with Gasteiger partial charge in [0.1, 0.15) is 0 Å². The van der Waals surface area contributed by atoms with Crippen molar-refractivity contribution < 1.29 is 19.2 Å². The lowest BCUT2D eigenvalue weighted by Crippen LogP contribution is -2.40. The molecule has 2 aliphatic rings. The molecule has 0 aromatic heterocycles. The molecular weight excluding hydrogens is 717 g/mol. The van der Waals surface area contributed by atoms with Gasteiger partial charge in [0.25, 0.3) is 23.6 Å². The Balaban J connectivity index is 1.19. The van der Waals surface area contributed by atoms with Crippen molar-refractivity contribution in [3.63, 3.8) is 0 Å². The van der Waals surface area contributed by atoms with Crippen molar-refractivity contribution >= 4 is 66.7 Å². The number of hydrogen-bond donors (Lipinski definition) is 0. The first kappa shape index (κ1) is 37.4. The highest BCUT2D eigenvalue weighted by Crippen LogP contribution is 2.48. The van der Waals surface area contributed by atoms with Gasteiger partial charge in [0, 0.05) is 46.1 Å². The second kappa shape index (κ2) is 15.7. The second-order valence-corrected chi connectivity index (χ2v) is 16.0. The molecule has 0 spiro atoms. The number of carbonyl (C=O) groups is 4. The molecule has 7 aromatic carbocycles. The largest absolute Gasteiger partial charge is 0.274 e. The van der Waals surface area contributed by atoms with Crippen molar-refractivity contribution in [1.82, 2.24) is 9.80 Å². The lowest BCUT2D eigenvalue weighted by atomic mass is 9.81. The number of hydrogen-bond acceptors (Lipinski definition) is 4. The summed E-state index contributed by atoms with van der Waals surface area (Å²) in [6.45, 7) is 5.20. The fourth-order valence-corrected chi connectivity index (χ4v) is 9.59. The van der Waals surface area contributed by atoms with Gasteiger partial charge >= 0.3 is 0 Å². The van der Waals surface area contributed by atoms with E-state index >= 15 is 0 Å². The van der Waals surface area contributed by atoms with E-state index in [4.69, 9.17) is 0 Å². The summed E-state index contributed by atoms with van der Waals surface area (Å²) in [5, 5.41) is 7.28. The van der Waals surface area contributed by atoms with Crippen LogP contribution < -0.4 is 0 Å². The number of nitrogens with zero attached hydrogens (tertiary/aromatic N) is 2. The maximum Gasteiger partial charge on any atom is 0.261 e. The maximum absolute atomic E-state index is 14.0. The Hall–Kier alpha value is -6.14. The molecular formula is C52H48N2O4. The lowest BCUT2D eigenvalue weighted by Gasteiger charge is -2.29. The molecule has 0 fully saturated rings. The van der Waals surface area contributed by atoms with Crippen molar-refractivity contribution in [2.45, 2.75) is 78.1 Å². The van der Waals surface area contributed by atoms with E-state index in [1.165, 1.54) is 9.80 Å². The maximum atomic E-state index is 14.0. The molecule has 0 saturated heterocycles. The quantitative estimate of drug-likeness (QED) is 0.0628. The smallest absolute Gasteiger partial charge is 0.261 e. The van der Waals surface area contributed by atoms with Gasteiger partial charge in [-0.25, -0.2) is 0 Å². The van der Waals surface area contributed by atoms with Crippen LogP contribution in [-0.4, -0.2) is 46.5 Å². The molecule has 0 N–H and O–H groups in total. The van der Waals surface area contributed by atoms with Gasteiger partial charge in [-0.15, -0.1) is 0 Å². The van der Waals surface area contributed by atoms with E-state index in [-0.39, 0.29) is 23.6 Å². The summed E-state index contributed by atoms with van der Waals surface area (Å²) in [6, 6.07) is 36.3. The van der Waals surface area contributed by atoms with Crippen molar-refractivity contribution in [1.29, 1.82) is 0 Å². The van der Waals surface area contributed by atoms with Gasteiger partial charge in [0.2, 0.25) is 0 Å². The number of imide groups is 2. The molecule has 290 valence electrons. The monoisotopic (exact) mass is 764 g/mol. The van der Waals surface area contributed by atoms with E-state index in [0.29, 0.717) is 46.1 Å². The standard InChI is InChI=1S/C52H48N2O4/c1-3-5-7-9-15-31-53-49(55)41-25-17-23-37-39(27-29-43(47(37)41)51(53)57)45-33-19-11-13-21-35(33)46(36-22-14-12-20-34(36)45)40-28-30-44-48-38(40)24-18-26-42(48)50(56)54(52(44)58)32-16-10-8-6-4-2/h11-14,17-30H,3-10,15-16,31-32H2,1-2H3. The van der Waals surface area contributed by atoms with E-state index in [1.54, 1.807) is 0 Å². The summed E-state index contributed by atoms with van der Waals surface area (Å²) in [4.78, 5) is 58.8. The summed E-state index contributed by atoms with van der Waals surface area (Å²) in [5.41, 5.74) is 6.23. The van der Waals surface area contributed by atoms with Gasteiger partial charge in [-0.3, -0.25) is 29.0 Å². The molecule has 2 aliphatic heterocycles. The van der Waals surface area contributed by atoms with Crippen LogP contribution >= 0.6 is 0 Å². The number of amides is 4. The van der Waals surface area contributed by atoms with Gasteiger partial charge in [-0.05, 0) is 91.7 Å². The van der Waals surface area contributed by atoms with Crippen LogP contribution in [0.15, 0.2) is 109 Å². The minimum absolute atomic E-state index is 0.226. The first-order valence-corrected chi connectivity index (χ1v) is 21.2. The molecule has 6 nitrogen and oxygen atoms in total. The summed E-state index contributed by atoms with van der Waals surface area (Å²) >= 11 is 0. The van der Waals surface area contributed by atoms with Crippen LogP contribution in [0.2, 0.25) is 0 Å². The predicted octanol–water partition coefficient (Wildman–Crippen LogP) is 12.8. The molecule has 0 aliphatic carbocycles. The Morgan fingerprint density at radius 3 is 1.00 bits per heavy atom. The van der Waals surface area contributed by atoms with Gasteiger partial charge in [0.15, 0.2) is 0 Å². The fraction of sp³-hybridized carbons (Fsp3) is 0.269. The Morgan fingerprint density at radius 2 is 0.638 bits per heavy atom. The van der Waals surface area contributed by atoms with Crippen molar-refractivity contribution in [2.75, 3.05) is 13.1 Å². The highest BCUT2D eigenvalue weighted by molar-refractivity contribution is 6.32. The topological polar surface area (TPSA) is 74.8 Å². The van der Waals surface area contributed by atoms with Crippen LogP contribution in [0, 0.1) is 0 Å². The molecule has 6 heteroatoms. The SMILES string of the molecule is CCCCCCCN1C(=O)c2cccc3c(-c4c5ccccc5c(-c5ccc6c7c(cccc57)C(=O)N(CCCCCCC)C6=O)c5ccccc45)ccc(c23)C1=O. The number of fused-ring (bicyclic) bond motifs is 2. The molecule has 7 aromatic rings. The number of unbranched alkanes of at least 4 members (excludes halogenated alkanes) is 8. The highest BCUT2D eigenvalue weighted by atomic mass is 16.2. The molecule has 0 atom stereocenters. The first-order chi connectivity index (χ1) is 28.4. The average Bonchev–Trinajstić information content (AvgIpc) is 3.25. The van der Waals surface area contributed by atoms with E-state index in [2.05, 4.69) is 50.2 Å². The summed E-state index contributed by atoms with van der Waals surface area (Å²) in [7, 11) is 0. The molecule has 0 radical (unpaired) electrons. The number of carbonyl (C=O) groups excluding carboxylic acids is 4. The molecule has 4 amide bonds. The van der Waals surface area contributed by atoms with Crippen molar-refractivity contribution in [3.05, 3.63) is 131 Å². The summed E-state index contributed by atoms with van der Waals surface area (Å²) < 4.78 is 0. The van der Waals surface area contributed by atoms with E-state index in [0.717, 1.165) is 119 Å². The summed E-state index contributed by atoms with van der Waals surface area (Å²) in [5.74, 6) is -0.905. The van der Waals surface area contributed by atoms with Crippen LogP contribution in [0.25, 0.3) is 65.3 Å². The number of rotatable bonds is 14. The van der Waals surface area contributed by atoms with Crippen molar-refractivity contribution in [3.8, 4) is 22.3 Å². The minimum atomic E-state index is -0.226. The average molecular weight is 765 g/mol. The Labute approximate surface area is 339 Å².